The van der Waals surface area contributed by atoms with Crippen LogP contribution in [0.15, 0.2) is 54.1 Å². The quantitative estimate of drug-likeness (QED) is 0.402. The fourth-order valence-corrected chi connectivity index (χ4v) is 1.91. The van der Waals surface area contributed by atoms with Crippen LogP contribution in [0, 0.1) is 13.8 Å². The highest BCUT2D eigenvalue weighted by Gasteiger charge is 2.18. The second-order valence-corrected chi connectivity index (χ2v) is 4.97. The molecule has 0 bridgehead atoms. The lowest BCUT2D eigenvalue weighted by atomic mass is 10.00. The topological polar surface area (TPSA) is 54.4 Å². The van der Waals surface area contributed by atoms with Crippen molar-refractivity contribution < 1.29 is 14.7 Å². The van der Waals surface area contributed by atoms with E-state index in [9.17, 15) is 14.7 Å². The Labute approximate surface area is 123 Å². The van der Waals surface area contributed by atoms with E-state index in [1.165, 1.54) is 6.08 Å². The third-order valence-electron chi connectivity index (χ3n) is 3.18. The predicted molar refractivity (Wildman–Crippen MR) is 82.3 cm³/mol. The van der Waals surface area contributed by atoms with Gasteiger partial charge < -0.3 is 5.11 Å². The summed E-state index contributed by atoms with van der Waals surface area (Å²) in [5.41, 5.74) is 2.93. The number of hydrogen-bond donors (Lipinski definition) is 1. The molecule has 0 heterocycles. The highest BCUT2D eigenvalue weighted by atomic mass is 16.4. The Morgan fingerprint density at radius 2 is 1.33 bits per heavy atom. The Morgan fingerprint density at radius 3 is 1.81 bits per heavy atom. The zero-order valence-electron chi connectivity index (χ0n) is 12.0. The van der Waals surface area contributed by atoms with E-state index in [1.54, 1.807) is 36.4 Å². The van der Waals surface area contributed by atoms with Gasteiger partial charge in [-0.05, 0) is 25.5 Å². The van der Waals surface area contributed by atoms with Crippen LogP contribution in [0.25, 0.3) is 6.08 Å². The Hall–Kier alpha value is -2.68. The van der Waals surface area contributed by atoms with Crippen LogP contribution >= 0.6 is 0 Å². The summed E-state index contributed by atoms with van der Waals surface area (Å²) in [6, 6.07) is 14.2. The highest BCUT2D eigenvalue weighted by molar-refractivity contribution is 6.26. The molecule has 2 aromatic carbocycles. The zero-order valence-corrected chi connectivity index (χ0v) is 12.0. The van der Waals surface area contributed by atoms with Gasteiger partial charge in [0.05, 0.1) is 0 Å². The van der Waals surface area contributed by atoms with Crippen LogP contribution < -0.4 is 0 Å². The molecule has 0 unspecified atom stereocenters. The molecule has 0 fully saturated rings. The summed E-state index contributed by atoms with van der Waals surface area (Å²) in [6.07, 6.45) is 1.41. The van der Waals surface area contributed by atoms with Crippen molar-refractivity contribution in [1.29, 1.82) is 0 Å². The van der Waals surface area contributed by atoms with E-state index in [4.69, 9.17) is 0 Å². The molecule has 3 heteroatoms. The molecule has 0 radical (unpaired) electrons. The smallest absolute Gasteiger partial charge is 0.339 e. The third-order valence-corrected chi connectivity index (χ3v) is 3.18. The largest absolute Gasteiger partial charge is 0.478 e. The fraction of sp³-hybridized carbons (Fsp3) is 0.111. The van der Waals surface area contributed by atoms with E-state index in [0.29, 0.717) is 11.1 Å². The monoisotopic (exact) mass is 280 g/mol. The Kier molecular flexibility index (Phi) is 4.33. The average Bonchev–Trinajstić information content (AvgIpc) is 2.46. The van der Waals surface area contributed by atoms with Crippen LogP contribution in [0.2, 0.25) is 0 Å². The molecule has 2 aromatic rings. The lowest BCUT2D eigenvalue weighted by Crippen LogP contribution is -2.12. The lowest BCUT2D eigenvalue weighted by Gasteiger charge is -2.03. The minimum atomic E-state index is -1.22. The number of benzene rings is 2. The molecule has 0 atom stereocenters. The van der Waals surface area contributed by atoms with Gasteiger partial charge in [0.1, 0.15) is 5.57 Å². The molecule has 0 saturated carbocycles. The SMILES string of the molecule is Cc1ccc(/C=C(\C(=O)O)C(=O)c2ccc(C)cc2)cc1. The van der Waals surface area contributed by atoms with Gasteiger partial charge in [0.2, 0.25) is 0 Å². The summed E-state index contributed by atoms with van der Waals surface area (Å²) in [7, 11) is 0. The van der Waals surface area contributed by atoms with E-state index in [-0.39, 0.29) is 5.57 Å². The van der Waals surface area contributed by atoms with E-state index in [1.807, 2.05) is 26.0 Å². The Bertz CT molecular complexity index is 692. The number of aliphatic carboxylic acids is 1. The summed E-state index contributed by atoms with van der Waals surface area (Å²) in [4.78, 5) is 23.7. The molecule has 0 saturated heterocycles. The number of aryl methyl sites for hydroxylation is 2. The molecule has 0 aliphatic rings. The summed E-state index contributed by atoms with van der Waals surface area (Å²) in [5, 5.41) is 9.29. The number of ketones is 1. The van der Waals surface area contributed by atoms with Gasteiger partial charge in [-0.25, -0.2) is 4.79 Å². The summed E-state index contributed by atoms with van der Waals surface area (Å²) in [6.45, 7) is 3.86. The maximum Gasteiger partial charge on any atom is 0.339 e. The van der Waals surface area contributed by atoms with Crippen molar-refractivity contribution in [2.75, 3.05) is 0 Å². The molecule has 2 rings (SSSR count). The maximum atomic E-state index is 12.3. The Balaban J connectivity index is 2.39. The van der Waals surface area contributed by atoms with Crippen LogP contribution in [0.1, 0.15) is 27.0 Å². The second-order valence-electron chi connectivity index (χ2n) is 4.97. The zero-order chi connectivity index (χ0) is 15.4. The van der Waals surface area contributed by atoms with E-state index in [0.717, 1.165) is 11.1 Å². The Morgan fingerprint density at radius 1 is 0.857 bits per heavy atom. The van der Waals surface area contributed by atoms with Gasteiger partial charge in [-0.15, -0.1) is 0 Å². The van der Waals surface area contributed by atoms with Gasteiger partial charge in [-0.3, -0.25) is 4.79 Å². The molecule has 0 spiro atoms. The number of carboxylic acid groups (broad SMARTS) is 1. The minimum absolute atomic E-state index is 0.234. The molecule has 1 N–H and O–H groups in total. The normalized spacial score (nSPS) is 11.2. The fourth-order valence-electron chi connectivity index (χ4n) is 1.91. The first-order valence-electron chi connectivity index (χ1n) is 6.60. The van der Waals surface area contributed by atoms with E-state index in [2.05, 4.69) is 0 Å². The van der Waals surface area contributed by atoms with Crippen LogP contribution in [0.3, 0.4) is 0 Å². The van der Waals surface area contributed by atoms with Crippen LogP contribution in [0.4, 0.5) is 0 Å². The molecule has 106 valence electrons. The van der Waals surface area contributed by atoms with Gasteiger partial charge >= 0.3 is 5.97 Å². The standard InChI is InChI=1S/C18H16O3/c1-12-3-7-14(8-4-12)11-16(18(20)21)17(19)15-9-5-13(2)6-10-15/h3-11H,1-2H3,(H,20,21)/b16-11-. The molecular formula is C18H16O3. The minimum Gasteiger partial charge on any atom is -0.478 e. The predicted octanol–water partition coefficient (Wildman–Crippen LogP) is 3.65. The van der Waals surface area contributed by atoms with Crippen molar-refractivity contribution in [1.82, 2.24) is 0 Å². The van der Waals surface area contributed by atoms with E-state index < -0.39 is 11.8 Å². The highest BCUT2D eigenvalue weighted by Crippen LogP contribution is 2.15. The number of carboxylic acids is 1. The number of rotatable bonds is 4. The molecule has 0 amide bonds. The number of carbonyl (C=O) groups is 2. The number of Topliss-reactive ketones (excluding diaryl/α,β-unsaturated/α-hetero) is 1. The van der Waals surface area contributed by atoms with Gasteiger partial charge in [-0.2, -0.15) is 0 Å². The molecule has 0 aliphatic heterocycles. The van der Waals surface area contributed by atoms with Gasteiger partial charge in [0.15, 0.2) is 5.78 Å². The molecular weight excluding hydrogens is 264 g/mol. The average molecular weight is 280 g/mol. The van der Waals surface area contributed by atoms with Gasteiger partial charge in [0, 0.05) is 5.56 Å². The van der Waals surface area contributed by atoms with Crippen molar-refractivity contribution in [2.24, 2.45) is 0 Å². The first-order chi connectivity index (χ1) is 9.97. The number of hydrogen-bond acceptors (Lipinski definition) is 2. The van der Waals surface area contributed by atoms with Gasteiger partial charge in [0.25, 0.3) is 0 Å². The summed E-state index contributed by atoms with van der Waals surface area (Å²) < 4.78 is 0. The van der Waals surface area contributed by atoms with E-state index >= 15 is 0 Å². The molecule has 21 heavy (non-hydrogen) atoms. The van der Waals surface area contributed by atoms with Crippen LogP contribution in [-0.2, 0) is 4.79 Å². The second kappa shape index (κ2) is 6.18. The molecule has 0 aliphatic carbocycles. The maximum absolute atomic E-state index is 12.3. The number of carbonyl (C=O) groups excluding carboxylic acids is 1. The van der Waals surface area contributed by atoms with Crippen molar-refractivity contribution in [3.8, 4) is 0 Å². The first kappa shape index (κ1) is 14.7. The third kappa shape index (κ3) is 3.66. The summed E-state index contributed by atoms with van der Waals surface area (Å²) >= 11 is 0. The first-order valence-corrected chi connectivity index (χ1v) is 6.60. The summed E-state index contributed by atoms with van der Waals surface area (Å²) in [5.74, 6) is -1.70. The van der Waals surface area contributed by atoms with Crippen molar-refractivity contribution in [2.45, 2.75) is 13.8 Å². The van der Waals surface area contributed by atoms with Crippen LogP contribution in [0.5, 0.6) is 0 Å². The lowest BCUT2D eigenvalue weighted by molar-refractivity contribution is -0.132. The molecule has 3 nitrogen and oxygen atoms in total. The van der Waals surface area contributed by atoms with Crippen LogP contribution in [-0.4, -0.2) is 16.9 Å². The van der Waals surface area contributed by atoms with Crippen molar-refractivity contribution >= 4 is 17.8 Å². The van der Waals surface area contributed by atoms with Crippen molar-refractivity contribution in [3.63, 3.8) is 0 Å². The molecule has 0 aromatic heterocycles. The van der Waals surface area contributed by atoms with Crippen molar-refractivity contribution in [3.05, 3.63) is 76.4 Å². The van der Waals surface area contributed by atoms with Gasteiger partial charge in [-0.1, -0.05) is 59.7 Å².